The molecule has 0 radical (unpaired) electrons. The maximum absolute atomic E-state index is 15.1. The SMILES string of the molecule is [C-]#[N+]C([N+]#[C-])=C1/C(=C/c2cc3c(s2)-c2sc(-c4cc(OCCCCCC)c(-c5cc6c(s5)-c5sc(/C=C7\C(=O)c8cc(C)c(C)cc8\C7=C(/C#N)[N+]#[C-])cc5C6(c5cccc(CCCCCC)c5)c5cccc(CCCCCC)c5)cc4C)cc2C3(c2cccc(CCCCCC)c2)c2cccc(CCCCCC)c2)C(=O)c2cc(C)c(C)cc21. The van der Waals surface area contributed by atoms with Crippen LogP contribution >= 0.6 is 45.3 Å². The molecule has 11 aromatic rings. The van der Waals surface area contributed by atoms with Gasteiger partial charge >= 0.3 is 5.82 Å². The third-order valence-corrected chi connectivity index (χ3v) is 30.4. The number of ketones is 2. The molecule has 4 aliphatic carbocycles. The second-order valence-corrected chi connectivity index (χ2v) is 38.0. The molecule has 11 heteroatoms. The van der Waals surface area contributed by atoms with Crippen LogP contribution in [0.25, 0.3) is 78.2 Å². The molecule has 0 saturated carbocycles. The molecule has 0 bridgehead atoms. The Morgan fingerprint density at radius 2 is 0.733 bits per heavy atom. The zero-order valence-electron chi connectivity index (χ0n) is 71.5. The van der Waals surface area contributed by atoms with Crippen molar-refractivity contribution in [3.63, 3.8) is 0 Å². The number of ether oxygens (including phenoxy) is 1. The summed E-state index contributed by atoms with van der Waals surface area (Å²) in [7, 11) is 0. The molecular weight excluding hydrogens is 1540 g/mol. The number of carbonyl (C=O) groups is 2. The average Bonchev–Trinajstić information content (AvgIpc) is 1.52. The van der Waals surface area contributed by atoms with E-state index in [4.69, 9.17) is 24.5 Å². The van der Waals surface area contributed by atoms with Gasteiger partial charge < -0.3 is 4.74 Å². The second-order valence-electron chi connectivity index (χ2n) is 33.7. The Bertz CT molecular complexity index is 5990. The Kier molecular flexibility index (Phi) is 26.2. The Balaban J connectivity index is 0.950. The van der Waals surface area contributed by atoms with E-state index in [-0.39, 0.29) is 23.1 Å². The summed E-state index contributed by atoms with van der Waals surface area (Å²) in [6.45, 7) is 47.2. The predicted molar refractivity (Wildman–Crippen MR) is 505 cm³/mol. The summed E-state index contributed by atoms with van der Waals surface area (Å²) in [4.78, 5) is 50.2. The molecule has 606 valence electrons. The van der Waals surface area contributed by atoms with Crippen molar-refractivity contribution in [2.24, 2.45) is 0 Å². The van der Waals surface area contributed by atoms with Crippen molar-refractivity contribution in [2.45, 2.75) is 234 Å². The van der Waals surface area contributed by atoms with E-state index in [2.05, 4.69) is 196 Å². The van der Waals surface area contributed by atoms with Crippen molar-refractivity contribution < 1.29 is 14.3 Å². The van der Waals surface area contributed by atoms with E-state index >= 15 is 9.59 Å². The van der Waals surface area contributed by atoms with Crippen LogP contribution in [-0.4, -0.2) is 18.2 Å². The lowest BCUT2D eigenvalue weighted by atomic mass is 9.67. The van der Waals surface area contributed by atoms with E-state index in [9.17, 15) is 5.26 Å². The maximum Gasteiger partial charge on any atom is 0.528 e. The summed E-state index contributed by atoms with van der Waals surface area (Å²) in [5, 5.41) is 10.7. The number of unbranched alkanes of at least 4 members (excludes halogenated alkanes) is 15. The van der Waals surface area contributed by atoms with E-state index in [0.29, 0.717) is 51.2 Å². The van der Waals surface area contributed by atoms with Gasteiger partial charge in [0.15, 0.2) is 11.6 Å². The summed E-state index contributed by atoms with van der Waals surface area (Å²) >= 11 is 7.07. The van der Waals surface area contributed by atoms with E-state index in [1.54, 1.807) is 22.7 Å². The Morgan fingerprint density at radius 1 is 0.383 bits per heavy atom. The van der Waals surface area contributed by atoms with E-state index in [0.717, 1.165) is 164 Å². The summed E-state index contributed by atoms with van der Waals surface area (Å²) < 4.78 is 7.41. The van der Waals surface area contributed by atoms with Crippen molar-refractivity contribution in [3.8, 4) is 52.2 Å². The average molecular weight is 1650 g/mol. The van der Waals surface area contributed by atoms with Gasteiger partial charge in [-0.2, -0.15) is 9.69 Å². The van der Waals surface area contributed by atoms with Crippen molar-refractivity contribution in [2.75, 3.05) is 6.61 Å². The van der Waals surface area contributed by atoms with Crippen LogP contribution in [0.3, 0.4) is 0 Å². The normalized spacial score (nSPS) is 14.8. The van der Waals surface area contributed by atoms with Crippen molar-refractivity contribution in [1.82, 2.24) is 0 Å². The van der Waals surface area contributed by atoms with Crippen molar-refractivity contribution in [1.29, 1.82) is 5.26 Å². The highest BCUT2D eigenvalue weighted by Gasteiger charge is 2.52. The minimum absolute atomic E-state index is 0.0878. The molecule has 0 fully saturated rings. The number of allylic oxidation sites excluding steroid dienone is 5. The number of hydrogen-bond donors (Lipinski definition) is 0. The number of nitriles is 1. The number of hydrogen-bond acceptors (Lipinski definition) is 8. The standard InChI is InChI=1S/C109H108N4O3S4/c1-14-19-24-29-38-73-42-34-46-77(56-73)108(78-47-35-43-74(57-78)39-30-25-20-15-2)92-63-82(61-90-100(107(112-12)113-13)85-52-69(7)71(9)54-87(85)102(90)115)118-103(92)105-93(108)65-97(119-105)83-64-96(116-50-33-28-23-18-5)88(55-72(83)10)98-66-94-106(120-98)104-91(62-81(117-104)60-89-99(95(67-110)111-11)84-51-68(6)70(8)53-86(84)101(89)114)109(94,79-48-36-44-75(58-79)40-31-26-21-16-3)80-49-37-45-76(59-80)41-32-27-22-17-4/h34-37,42-49,51-66H,14-33,38-41,50H2,1-10H3/b89-60-,90-61-,99-95-. The van der Waals surface area contributed by atoms with Gasteiger partial charge in [-0.1, -0.05) is 240 Å². The van der Waals surface area contributed by atoms with Gasteiger partial charge in [0.1, 0.15) is 18.9 Å². The first-order valence-corrected chi connectivity index (χ1v) is 47.3. The highest BCUT2D eigenvalue weighted by molar-refractivity contribution is 7.25. The van der Waals surface area contributed by atoms with Crippen LogP contribution < -0.4 is 4.74 Å². The molecule has 0 spiro atoms. The first-order chi connectivity index (χ1) is 58.5. The number of aryl methyl sites for hydroxylation is 9. The molecule has 0 saturated heterocycles. The number of nitrogens with zero attached hydrogens (tertiary/aromatic N) is 4. The minimum Gasteiger partial charge on any atom is -0.493 e. The van der Waals surface area contributed by atoms with Gasteiger partial charge in [-0.3, -0.25) is 9.59 Å². The molecule has 4 aliphatic rings. The van der Waals surface area contributed by atoms with Gasteiger partial charge in [-0.05, 0) is 264 Å². The second kappa shape index (κ2) is 37.2. The van der Waals surface area contributed by atoms with Gasteiger partial charge in [0.25, 0.3) is 5.70 Å². The highest BCUT2D eigenvalue weighted by Crippen LogP contribution is 2.66. The van der Waals surface area contributed by atoms with Gasteiger partial charge in [0.05, 0.1) is 55.2 Å². The molecule has 7 aromatic carbocycles. The molecule has 7 nitrogen and oxygen atoms in total. The summed E-state index contributed by atoms with van der Waals surface area (Å²) in [5.41, 5.74) is 24.3. The van der Waals surface area contributed by atoms with Gasteiger partial charge in [-0.15, -0.1) is 45.3 Å². The quantitative estimate of drug-likeness (QED) is 0.0174. The van der Waals surface area contributed by atoms with E-state index in [1.807, 2.05) is 86.8 Å². The third-order valence-electron chi connectivity index (χ3n) is 25.6. The molecule has 0 N–H and O–H groups in total. The topological polar surface area (TPSA) is 80.2 Å². The number of thiophene rings is 4. The molecule has 0 atom stereocenters. The molecule has 120 heavy (non-hydrogen) atoms. The number of rotatable bonds is 34. The molecule has 4 heterocycles. The summed E-state index contributed by atoms with van der Waals surface area (Å²) in [6.07, 6.45) is 30.5. The molecule has 0 unspecified atom stereocenters. The Morgan fingerprint density at radius 3 is 1.12 bits per heavy atom. The van der Waals surface area contributed by atoms with Crippen molar-refractivity contribution >= 4 is 80.2 Å². The molecule has 4 aromatic heterocycles. The lowest BCUT2D eigenvalue weighted by Crippen LogP contribution is -2.28. The Hall–Kier alpha value is -10.6. The van der Waals surface area contributed by atoms with Crippen LogP contribution in [-0.2, 0) is 36.5 Å². The van der Waals surface area contributed by atoms with E-state index in [1.165, 1.54) is 141 Å². The molecular formula is C109H108N4O3S4. The van der Waals surface area contributed by atoms with Crippen LogP contribution in [0.2, 0.25) is 0 Å². The fourth-order valence-corrected chi connectivity index (χ4v) is 24.2. The first kappa shape index (κ1) is 84.4. The monoisotopic (exact) mass is 1650 g/mol. The molecule has 0 aliphatic heterocycles. The zero-order chi connectivity index (χ0) is 83.9. The molecule has 0 amide bonds. The highest BCUT2D eigenvalue weighted by atomic mass is 32.1. The van der Waals surface area contributed by atoms with Crippen LogP contribution in [0.15, 0.2) is 180 Å². The first-order valence-electron chi connectivity index (χ1n) is 44.0. The zero-order valence-corrected chi connectivity index (χ0v) is 74.8. The summed E-state index contributed by atoms with van der Waals surface area (Å²) in [6, 6.07) is 62.2. The number of fused-ring (bicyclic) bond motifs is 8. The van der Waals surface area contributed by atoms with E-state index < -0.39 is 10.8 Å². The fourth-order valence-electron chi connectivity index (χ4n) is 19.1. The van der Waals surface area contributed by atoms with Gasteiger partial charge in [-0.25, -0.2) is 10.1 Å². The smallest absolute Gasteiger partial charge is 0.493 e. The number of benzene rings is 7. The largest absolute Gasteiger partial charge is 0.528 e. The number of carbonyl (C=O) groups excluding carboxylic acids is 2. The van der Waals surface area contributed by atoms with Crippen LogP contribution in [0.5, 0.6) is 5.75 Å². The lowest BCUT2D eigenvalue weighted by molar-refractivity contribution is 0.103. The maximum atomic E-state index is 15.1. The van der Waals surface area contributed by atoms with Crippen molar-refractivity contribution in [3.05, 3.63) is 341 Å². The summed E-state index contributed by atoms with van der Waals surface area (Å²) in [5.74, 6) is 0.391. The predicted octanol–water partition coefficient (Wildman–Crippen LogP) is 31.2. The third kappa shape index (κ3) is 15.9. The lowest BCUT2D eigenvalue weighted by Gasteiger charge is -2.33. The number of Topliss-reactive ketones (excluding diaryl/α,β-unsaturated/α-hetero) is 2. The molecule has 15 rings (SSSR count). The fraction of sp³-hybridized carbons (Fsp3) is 0.339. The van der Waals surface area contributed by atoms with Crippen LogP contribution in [0, 0.1) is 65.7 Å². The van der Waals surface area contributed by atoms with Crippen LogP contribution in [0.1, 0.15) is 299 Å². The van der Waals surface area contributed by atoms with Gasteiger partial charge in [0, 0.05) is 52.9 Å². The minimum atomic E-state index is -0.803. The van der Waals surface area contributed by atoms with Gasteiger partial charge in [0.2, 0.25) is 0 Å². The van der Waals surface area contributed by atoms with Crippen LogP contribution in [0.4, 0.5) is 0 Å². The Labute approximate surface area is 728 Å².